The molecular weight excluding hydrogens is 1050 g/mol. The summed E-state index contributed by atoms with van der Waals surface area (Å²) >= 11 is 0. The standard InChI is InChI=1S/C44H78N4O8.C22H44N4O/c1-34(2)17-26(18-35(3,4)45-34)42(31(51)52,25-30(49)50)44(33(55)56,29-23-40(13,14)48-41(15,16)24-29)43(32(53)54,27-19-36(5,6)46-37(7,8)20-27)28-21-38(9,10)47-39(11,12)22-28;1-18(2)11-15(12-19(3,4)25-18)23-17(27)22(9,10)24-16-13-20(5,6)26-21(7,8)14-16/h26-29,45-48H,17-25H2,1-16H3,(H,49,50)(H,51,52)(H,53,54)(H,55,56);15-16,24-26H,11-14H2,1-10H3,(H,23,27). The first kappa shape index (κ1) is 70.8. The molecule has 0 radical (unpaired) electrons. The van der Waals surface area contributed by atoms with Crippen LogP contribution in [0.1, 0.15) is 263 Å². The highest BCUT2D eigenvalue weighted by molar-refractivity contribution is 5.96. The molecule has 2 unspecified atom stereocenters. The quantitative estimate of drug-likeness (QED) is 0.0728. The first-order valence-corrected chi connectivity index (χ1v) is 31.5. The van der Waals surface area contributed by atoms with Crippen molar-refractivity contribution in [3.63, 3.8) is 0 Å². The molecule has 12 N–H and O–H groups in total. The molecule has 0 bridgehead atoms. The number of nitrogens with one attached hydrogen (secondary N) is 8. The molecular formula is C66H122N8O9. The molecule has 83 heavy (non-hydrogen) atoms. The number of hydrogen-bond donors (Lipinski definition) is 12. The number of carboxylic acids is 4. The predicted octanol–water partition coefficient (Wildman–Crippen LogP) is 9.99. The largest absolute Gasteiger partial charge is 0.481 e. The van der Waals surface area contributed by atoms with Gasteiger partial charge in [0.05, 0.1) is 22.8 Å². The molecule has 0 aromatic heterocycles. The second-order valence-electron chi connectivity index (χ2n) is 36.4. The Morgan fingerprint density at radius 1 is 0.361 bits per heavy atom. The number of aliphatic carboxylic acids is 4. The number of piperidine rings is 6. The van der Waals surface area contributed by atoms with Gasteiger partial charge in [-0.2, -0.15) is 0 Å². The molecule has 6 heterocycles. The maximum absolute atomic E-state index is 15.7. The third kappa shape index (κ3) is 15.7. The van der Waals surface area contributed by atoms with Gasteiger partial charge in [-0.05, 0) is 281 Å². The topological polar surface area (TPSA) is 263 Å². The molecule has 6 saturated heterocycles. The van der Waals surface area contributed by atoms with Gasteiger partial charge in [-0.3, -0.25) is 24.0 Å². The smallest absolute Gasteiger partial charge is 0.312 e. The zero-order valence-electron chi connectivity index (χ0n) is 57.0. The molecule has 0 spiro atoms. The predicted molar refractivity (Wildman–Crippen MR) is 333 cm³/mol. The average molecular weight is 1170 g/mol. The van der Waals surface area contributed by atoms with Crippen molar-refractivity contribution in [2.75, 3.05) is 0 Å². The van der Waals surface area contributed by atoms with Crippen LogP contribution in [0.25, 0.3) is 0 Å². The SMILES string of the molecule is CC1(C)CC(C(CC(=O)O)(C(=O)O)C(C(=O)O)(C2CC(C)(C)NC(C)(C)C2)C(C(=O)O)(C2CC(C)(C)NC(C)(C)C2)C2CC(C)(C)NC(C)(C)C2)CC(C)(C)N1.CC1(C)CC(NC(=O)C(C)(C)NC2CC(C)(C)NC(C)(C)C2)CC(C)(C)N1. The molecule has 0 aromatic rings. The van der Waals surface area contributed by atoms with E-state index in [0.717, 1.165) is 25.7 Å². The summed E-state index contributed by atoms with van der Waals surface area (Å²) in [6.45, 7) is 53.5. The van der Waals surface area contributed by atoms with Crippen molar-refractivity contribution < 1.29 is 44.4 Å². The first-order chi connectivity index (χ1) is 36.7. The minimum absolute atomic E-state index is 0.0281. The van der Waals surface area contributed by atoms with Crippen LogP contribution in [-0.4, -0.2) is 134 Å². The summed E-state index contributed by atoms with van der Waals surface area (Å²) in [6.07, 6.45) is 4.49. The Labute approximate surface area is 502 Å². The third-order valence-electron chi connectivity index (χ3n) is 20.1. The van der Waals surface area contributed by atoms with Gasteiger partial charge in [-0.1, -0.05) is 0 Å². The lowest BCUT2D eigenvalue weighted by Gasteiger charge is -2.69. The van der Waals surface area contributed by atoms with E-state index in [-0.39, 0.29) is 85.5 Å². The van der Waals surface area contributed by atoms with E-state index in [9.17, 15) is 30.0 Å². The van der Waals surface area contributed by atoms with E-state index >= 15 is 14.4 Å². The van der Waals surface area contributed by atoms with Crippen LogP contribution in [0.4, 0.5) is 0 Å². The van der Waals surface area contributed by atoms with Gasteiger partial charge in [0.1, 0.15) is 5.41 Å². The Balaban J connectivity index is 0.000000389. The highest BCUT2D eigenvalue weighted by atomic mass is 16.4. The van der Waals surface area contributed by atoms with Gasteiger partial charge in [0, 0.05) is 78.6 Å². The fourth-order valence-electron chi connectivity index (χ4n) is 20.7. The van der Waals surface area contributed by atoms with Gasteiger partial charge >= 0.3 is 23.9 Å². The molecule has 480 valence electrons. The summed E-state index contributed by atoms with van der Waals surface area (Å²) < 4.78 is 0. The Morgan fingerprint density at radius 3 is 0.867 bits per heavy atom. The molecule has 6 aliphatic rings. The summed E-state index contributed by atoms with van der Waals surface area (Å²) in [6, 6.07) is 0.517. The van der Waals surface area contributed by atoms with E-state index in [0.29, 0.717) is 6.04 Å². The highest BCUT2D eigenvalue weighted by Crippen LogP contribution is 2.74. The Bertz CT molecular complexity index is 2300. The highest BCUT2D eigenvalue weighted by Gasteiger charge is 2.83. The zero-order chi connectivity index (χ0) is 64.2. The molecule has 6 aliphatic heterocycles. The Hall–Kier alpha value is -2.93. The fourth-order valence-corrected chi connectivity index (χ4v) is 20.7. The minimum Gasteiger partial charge on any atom is -0.481 e. The van der Waals surface area contributed by atoms with E-state index in [2.05, 4.69) is 97.9 Å². The molecule has 0 saturated carbocycles. The van der Waals surface area contributed by atoms with E-state index < -0.39 is 120 Å². The maximum Gasteiger partial charge on any atom is 0.312 e. The van der Waals surface area contributed by atoms with Crippen molar-refractivity contribution in [1.29, 1.82) is 0 Å². The van der Waals surface area contributed by atoms with Crippen LogP contribution in [0.5, 0.6) is 0 Å². The number of rotatable bonds is 15. The fraction of sp³-hybridized carbons (Fsp3) is 0.924. The van der Waals surface area contributed by atoms with Crippen molar-refractivity contribution in [2.24, 2.45) is 39.9 Å². The van der Waals surface area contributed by atoms with E-state index in [4.69, 9.17) is 0 Å². The lowest BCUT2D eigenvalue weighted by Crippen LogP contribution is -2.79. The van der Waals surface area contributed by atoms with Crippen LogP contribution in [0.15, 0.2) is 0 Å². The molecule has 17 heteroatoms. The second-order valence-corrected chi connectivity index (χ2v) is 36.4. The van der Waals surface area contributed by atoms with Gasteiger partial charge in [0.15, 0.2) is 0 Å². The van der Waals surface area contributed by atoms with E-state index in [1.54, 1.807) is 0 Å². The van der Waals surface area contributed by atoms with Crippen molar-refractivity contribution in [1.82, 2.24) is 42.5 Å². The Morgan fingerprint density at radius 2 is 0.614 bits per heavy atom. The average Bonchev–Trinajstić information content (AvgIpc) is 1.00. The van der Waals surface area contributed by atoms with Crippen molar-refractivity contribution >= 4 is 29.8 Å². The van der Waals surface area contributed by atoms with E-state index in [1.807, 2.05) is 125 Å². The van der Waals surface area contributed by atoms with Crippen LogP contribution in [-0.2, 0) is 24.0 Å². The van der Waals surface area contributed by atoms with Gasteiger partial charge in [-0.15, -0.1) is 0 Å². The maximum atomic E-state index is 15.7. The van der Waals surface area contributed by atoms with Crippen LogP contribution >= 0.6 is 0 Å². The zero-order valence-corrected chi connectivity index (χ0v) is 57.0. The molecule has 0 aliphatic carbocycles. The summed E-state index contributed by atoms with van der Waals surface area (Å²) in [5.74, 6) is -9.52. The third-order valence-corrected chi connectivity index (χ3v) is 20.1. The van der Waals surface area contributed by atoms with Crippen molar-refractivity contribution in [3.8, 4) is 0 Å². The second kappa shape index (κ2) is 22.3. The molecule has 17 nitrogen and oxygen atoms in total. The molecule has 6 fully saturated rings. The summed E-state index contributed by atoms with van der Waals surface area (Å²) in [5, 5.41) is 78.0. The van der Waals surface area contributed by atoms with Crippen LogP contribution in [0.3, 0.4) is 0 Å². The molecule has 1 amide bonds. The number of carboxylic acid groups (broad SMARTS) is 4. The molecule has 0 aromatic carbocycles. The van der Waals surface area contributed by atoms with Gasteiger partial charge in [0.2, 0.25) is 5.91 Å². The molecule has 2 atom stereocenters. The number of amides is 1. The number of carbonyl (C=O) groups is 5. The molecule has 6 rings (SSSR count). The van der Waals surface area contributed by atoms with Crippen molar-refractivity contribution in [3.05, 3.63) is 0 Å². The van der Waals surface area contributed by atoms with Gasteiger partial charge in [-0.25, -0.2) is 0 Å². The summed E-state index contributed by atoms with van der Waals surface area (Å²) in [4.78, 5) is 73.3. The van der Waals surface area contributed by atoms with Crippen molar-refractivity contribution in [2.45, 2.75) is 348 Å². The minimum atomic E-state index is -2.62. The van der Waals surface area contributed by atoms with Crippen LogP contribution < -0.4 is 42.5 Å². The van der Waals surface area contributed by atoms with Crippen LogP contribution in [0, 0.1) is 39.9 Å². The van der Waals surface area contributed by atoms with Gasteiger partial charge < -0.3 is 63.0 Å². The number of carbonyl (C=O) groups excluding carboxylic acids is 1. The first-order valence-electron chi connectivity index (χ1n) is 31.5. The lowest BCUT2D eigenvalue weighted by molar-refractivity contribution is -0.256. The van der Waals surface area contributed by atoms with Crippen LogP contribution in [0.2, 0.25) is 0 Å². The normalized spacial score (nSPS) is 29.1. The monoisotopic (exact) mass is 1170 g/mol. The number of hydrogen-bond acceptors (Lipinski definition) is 12. The summed E-state index contributed by atoms with van der Waals surface area (Å²) in [5.41, 5.74) is -13.5. The van der Waals surface area contributed by atoms with Gasteiger partial charge in [0.25, 0.3) is 0 Å². The van der Waals surface area contributed by atoms with E-state index in [1.165, 1.54) is 0 Å². The Kier molecular flexibility index (Phi) is 19.0. The lowest BCUT2D eigenvalue weighted by atomic mass is 9.32. The summed E-state index contributed by atoms with van der Waals surface area (Å²) in [7, 11) is 0.